The minimum atomic E-state index is -0.0749. The quantitative estimate of drug-likeness (QED) is 0.944. The highest BCUT2D eigenvalue weighted by molar-refractivity contribution is 5.89. The molecule has 1 aliphatic heterocycles. The van der Waals surface area contributed by atoms with Gasteiger partial charge in [-0.15, -0.1) is 0 Å². The van der Waals surface area contributed by atoms with E-state index in [0.717, 1.165) is 30.0 Å². The van der Waals surface area contributed by atoms with Crippen molar-refractivity contribution in [1.29, 1.82) is 0 Å². The molecule has 0 fully saturated rings. The molecular formula is C17H22N4O2. The number of ether oxygens (including phenoxy) is 1. The van der Waals surface area contributed by atoms with Gasteiger partial charge < -0.3 is 19.5 Å². The lowest BCUT2D eigenvalue weighted by Gasteiger charge is -2.29. The smallest absolute Gasteiger partial charge is 0.322 e. The van der Waals surface area contributed by atoms with Gasteiger partial charge in [0.05, 0.1) is 30.9 Å². The van der Waals surface area contributed by atoms with Crippen molar-refractivity contribution in [3.63, 3.8) is 0 Å². The number of nitrogens with one attached hydrogen (secondary N) is 1. The molecule has 0 bridgehead atoms. The molecule has 2 heterocycles. The number of carbonyl (C=O) groups excluding carboxylic acids is 1. The number of imidazole rings is 1. The van der Waals surface area contributed by atoms with Crippen LogP contribution in [0.2, 0.25) is 0 Å². The number of methoxy groups -OCH3 is 1. The van der Waals surface area contributed by atoms with E-state index in [1.165, 1.54) is 5.56 Å². The zero-order valence-electron chi connectivity index (χ0n) is 13.6. The largest absolute Gasteiger partial charge is 0.378 e. The van der Waals surface area contributed by atoms with Gasteiger partial charge in [0.25, 0.3) is 0 Å². The number of urea groups is 1. The molecule has 122 valence electrons. The molecule has 0 spiro atoms. The molecule has 0 unspecified atom stereocenters. The number of rotatable bonds is 4. The summed E-state index contributed by atoms with van der Waals surface area (Å²) in [5.74, 6) is 0. The predicted octanol–water partition coefficient (Wildman–Crippen LogP) is 2.64. The molecule has 2 aromatic rings. The number of hydrogen-bond donors (Lipinski definition) is 1. The highest BCUT2D eigenvalue weighted by atomic mass is 16.5. The third-order valence-corrected chi connectivity index (χ3v) is 4.14. The molecule has 23 heavy (non-hydrogen) atoms. The van der Waals surface area contributed by atoms with Crippen molar-refractivity contribution in [2.24, 2.45) is 0 Å². The second-order valence-electron chi connectivity index (χ2n) is 5.67. The first-order chi connectivity index (χ1) is 11.2. The zero-order chi connectivity index (χ0) is 16.2. The second kappa shape index (κ2) is 6.83. The number of aryl methyl sites for hydroxylation is 1. The first-order valence-electron chi connectivity index (χ1n) is 7.88. The van der Waals surface area contributed by atoms with E-state index < -0.39 is 0 Å². The van der Waals surface area contributed by atoms with Crippen LogP contribution in [0, 0.1) is 0 Å². The van der Waals surface area contributed by atoms with Crippen molar-refractivity contribution in [3.8, 4) is 0 Å². The molecule has 2 amide bonds. The van der Waals surface area contributed by atoms with Gasteiger partial charge >= 0.3 is 6.03 Å². The Kier molecular flexibility index (Phi) is 4.62. The molecule has 1 aromatic heterocycles. The Morgan fingerprint density at radius 2 is 2.26 bits per heavy atom. The van der Waals surface area contributed by atoms with Crippen LogP contribution in [0.25, 0.3) is 0 Å². The average molecular weight is 314 g/mol. The first-order valence-corrected chi connectivity index (χ1v) is 7.88. The number of benzene rings is 1. The first kappa shape index (κ1) is 15.6. The molecule has 6 heteroatoms. The Balaban J connectivity index is 1.70. The number of nitrogens with zero attached hydrogens (tertiary/aromatic N) is 3. The van der Waals surface area contributed by atoms with Gasteiger partial charge in [-0.2, -0.15) is 0 Å². The molecule has 6 nitrogen and oxygen atoms in total. The fourth-order valence-corrected chi connectivity index (χ4v) is 2.81. The fourth-order valence-electron chi connectivity index (χ4n) is 2.81. The lowest BCUT2D eigenvalue weighted by Crippen LogP contribution is -2.40. The SMILES string of the molecule is CCc1cccc(NC(=O)N2CCn3cnc(COC)c3C2)c1. The van der Waals surface area contributed by atoms with Crippen LogP contribution < -0.4 is 5.32 Å². The minimum absolute atomic E-state index is 0.0749. The average Bonchev–Trinajstić information content (AvgIpc) is 2.98. The summed E-state index contributed by atoms with van der Waals surface area (Å²) in [5.41, 5.74) is 4.00. The zero-order valence-corrected chi connectivity index (χ0v) is 13.6. The van der Waals surface area contributed by atoms with E-state index >= 15 is 0 Å². The van der Waals surface area contributed by atoms with Crippen LogP contribution in [0.5, 0.6) is 0 Å². The van der Waals surface area contributed by atoms with Gasteiger partial charge in [0.2, 0.25) is 0 Å². The van der Waals surface area contributed by atoms with Crippen molar-refractivity contribution >= 4 is 11.7 Å². The Morgan fingerprint density at radius 3 is 3.04 bits per heavy atom. The van der Waals surface area contributed by atoms with Gasteiger partial charge in [-0.1, -0.05) is 19.1 Å². The molecule has 1 aromatic carbocycles. The van der Waals surface area contributed by atoms with E-state index in [-0.39, 0.29) is 6.03 Å². The molecule has 0 atom stereocenters. The lowest BCUT2D eigenvalue weighted by molar-refractivity contribution is 0.175. The summed E-state index contributed by atoms with van der Waals surface area (Å²) < 4.78 is 7.27. The van der Waals surface area contributed by atoms with Crippen LogP contribution in [0.3, 0.4) is 0 Å². The van der Waals surface area contributed by atoms with Crippen molar-refractivity contribution in [3.05, 3.63) is 47.5 Å². The Morgan fingerprint density at radius 1 is 1.39 bits per heavy atom. The molecule has 1 aliphatic rings. The third-order valence-electron chi connectivity index (χ3n) is 4.14. The summed E-state index contributed by atoms with van der Waals surface area (Å²) in [4.78, 5) is 18.7. The van der Waals surface area contributed by atoms with Crippen molar-refractivity contribution in [2.45, 2.75) is 33.0 Å². The standard InChI is InChI=1S/C17H22N4O2/c1-3-13-5-4-6-14(9-13)19-17(22)20-7-8-21-12-18-15(11-23-2)16(21)10-20/h4-6,9,12H,3,7-8,10-11H2,1-2H3,(H,19,22). The molecule has 0 saturated carbocycles. The van der Waals surface area contributed by atoms with Crippen LogP contribution >= 0.6 is 0 Å². The monoisotopic (exact) mass is 314 g/mol. The summed E-state index contributed by atoms with van der Waals surface area (Å²) in [5, 5.41) is 2.99. The van der Waals surface area contributed by atoms with Crippen LogP contribution in [-0.2, 0) is 30.9 Å². The van der Waals surface area contributed by atoms with Crippen LogP contribution in [0.1, 0.15) is 23.9 Å². The normalized spacial score (nSPS) is 13.7. The summed E-state index contributed by atoms with van der Waals surface area (Å²) in [6, 6.07) is 7.89. The van der Waals surface area contributed by atoms with Crippen molar-refractivity contribution < 1.29 is 9.53 Å². The van der Waals surface area contributed by atoms with Crippen LogP contribution in [0.15, 0.2) is 30.6 Å². The maximum Gasteiger partial charge on any atom is 0.322 e. The fraction of sp³-hybridized carbons (Fsp3) is 0.412. The van der Waals surface area contributed by atoms with Crippen molar-refractivity contribution in [2.75, 3.05) is 19.0 Å². The maximum atomic E-state index is 12.5. The second-order valence-corrected chi connectivity index (χ2v) is 5.67. The van der Waals surface area contributed by atoms with Crippen LogP contribution in [-0.4, -0.2) is 34.1 Å². The minimum Gasteiger partial charge on any atom is -0.378 e. The Labute approximate surface area is 136 Å². The number of anilines is 1. The summed E-state index contributed by atoms with van der Waals surface area (Å²) in [6.45, 7) is 4.56. The number of hydrogen-bond acceptors (Lipinski definition) is 3. The topological polar surface area (TPSA) is 59.4 Å². The van der Waals surface area contributed by atoms with Crippen LogP contribution in [0.4, 0.5) is 10.5 Å². The van der Waals surface area contributed by atoms with Gasteiger partial charge in [0.1, 0.15) is 0 Å². The molecule has 1 N–H and O–H groups in total. The van der Waals surface area contributed by atoms with E-state index in [0.29, 0.717) is 19.7 Å². The Bertz CT molecular complexity index is 696. The summed E-state index contributed by atoms with van der Waals surface area (Å²) >= 11 is 0. The summed E-state index contributed by atoms with van der Waals surface area (Å²) in [7, 11) is 1.65. The van der Waals surface area contributed by atoms with E-state index in [1.807, 2.05) is 29.4 Å². The number of aromatic nitrogens is 2. The van der Waals surface area contributed by atoms with Gasteiger partial charge in [-0.05, 0) is 24.1 Å². The van der Waals surface area contributed by atoms with Gasteiger partial charge in [0, 0.05) is 25.9 Å². The Hall–Kier alpha value is -2.34. The molecule has 0 saturated heterocycles. The number of amides is 2. The predicted molar refractivity (Wildman–Crippen MR) is 88.2 cm³/mol. The molecule has 3 rings (SSSR count). The number of carbonyl (C=O) groups is 1. The number of fused-ring (bicyclic) bond motifs is 1. The third kappa shape index (κ3) is 3.37. The molecule has 0 aliphatic carbocycles. The highest BCUT2D eigenvalue weighted by Crippen LogP contribution is 2.18. The van der Waals surface area contributed by atoms with Gasteiger partial charge in [-0.25, -0.2) is 9.78 Å². The van der Waals surface area contributed by atoms with Gasteiger partial charge in [0.15, 0.2) is 0 Å². The van der Waals surface area contributed by atoms with E-state index in [1.54, 1.807) is 7.11 Å². The highest BCUT2D eigenvalue weighted by Gasteiger charge is 2.23. The van der Waals surface area contributed by atoms with E-state index in [4.69, 9.17) is 4.74 Å². The van der Waals surface area contributed by atoms with Gasteiger partial charge in [-0.3, -0.25) is 0 Å². The lowest BCUT2D eigenvalue weighted by atomic mass is 10.1. The maximum absolute atomic E-state index is 12.5. The molecular weight excluding hydrogens is 292 g/mol. The summed E-state index contributed by atoms with van der Waals surface area (Å²) in [6.07, 6.45) is 2.77. The molecule has 0 radical (unpaired) electrons. The van der Waals surface area contributed by atoms with Crippen molar-refractivity contribution in [1.82, 2.24) is 14.5 Å². The van der Waals surface area contributed by atoms with E-state index in [9.17, 15) is 4.79 Å². The van der Waals surface area contributed by atoms with E-state index in [2.05, 4.69) is 27.9 Å².